The number of aryl methyl sites for hydroxylation is 1. The molecule has 0 saturated carbocycles. The van der Waals surface area contributed by atoms with Crippen LogP contribution in [0.4, 0.5) is 5.69 Å². The van der Waals surface area contributed by atoms with Crippen molar-refractivity contribution in [3.05, 3.63) is 52.1 Å². The normalized spacial score (nSPS) is 11.8. The highest BCUT2D eigenvalue weighted by molar-refractivity contribution is 7.92. The van der Waals surface area contributed by atoms with E-state index in [0.29, 0.717) is 21.7 Å². The lowest BCUT2D eigenvalue weighted by atomic mass is 10.3. The van der Waals surface area contributed by atoms with Crippen LogP contribution < -0.4 is 14.3 Å². The fourth-order valence-electron chi connectivity index (χ4n) is 2.39. The average molecular weight is 378 g/mol. The maximum Gasteiger partial charge on any atom is 0.307 e. The number of nitrogens with zero attached hydrogens (tertiary/aromatic N) is 1. The zero-order valence-corrected chi connectivity index (χ0v) is 15.6. The van der Waals surface area contributed by atoms with Crippen molar-refractivity contribution >= 4 is 37.3 Å². The Hall–Kier alpha value is -2.32. The molecule has 0 aliphatic heterocycles. The first kappa shape index (κ1) is 17.5. The van der Waals surface area contributed by atoms with Crippen molar-refractivity contribution in [3.63, 3.8) is 0 Å². The lowest BCUT2D eigenvalue weighted by Gasteiger charge is -2.15. The number of hydrogen-bond donors (Lipinski definition) is 1. The van der Waals surface area contributed by atoms with Crippen LogP contribution in [-0.4, -0.2) is 19.1 Å². The molecule has 0 fully saturated rings. The van der Waals surface area contributed by atoms with Crippen LogP contribution in [0.15, 0.2) is 52.2 Å². The second kappa shape index (κ2) is 6.53. The number of anilines is 1. The van der Waals surface area contributed by atoms with Crippen molar-refractivity contribution in [2.45, 2.75) is 24.8 Å². The smallest absolute Gasteiger partial charge is 0.307 e. The van der Waals surface area contributed by atoms with E-state index in [1.807, 2.05) is 13.8 Å². The first-order chi connectivity index (χ1) is 11.8. The number of para-hydroxylation sites is 2. The van der Waals surface area contributed by atoms with Crippen LogP contribution in [0.3, 0.4) is 0 Å². The average Bonchev–Trinajstić information content (AvgIpc) is 2.83. The van der Waals surface area contributed by atoms with Gasteiger partial charge in [0.15, 0.2) is 0 Å². The van der Waals surface area contributed by atoms with Crippen LogP contribution in [0.2, 0.25) is 0 Å². The minimum Gasteiger partial charge on any atom is -0.489 e. The van der Waals surface area contributed by atoms with E-state index >= 15 is 0 Å². The number of hydrogen-bond acceptors (Lipinski definition) is 5. The third kappa shape index (κ3) is 3.54. The molecule has 0 amide bonds. The number of aromatic nitrogens is 1. The molecule has 0 atom stereocenters. The van der Waals surface area contributed by atoms with E-state index in [4.69, 9.17) is 4.74 Å². The molecule has 6 nitrogen and oxygen atoms in total. The van der Waals surface area contributed by atoms with Gasteiger partial charge in [-0.25, -0.2) is 8.42 Å². The molecule has 8 heteroatoms. The lowest BCUT2D eigenvalue weighted by molar-refractivity contribution is 0.244. The van der Waals surface area contributed by atoms with Gasteiger partial charge in [0.25, 0.3) is 10.0 Å². The van der Waals surface area contributed by atoms with Crippen LogP contribution in [0, 0.1) is 0 Å². The summed E-state index contributed by atoms with van der Waals surface area (Å²) in [5, 5.41) is 0. The highest BCUT2D eigenvalue weighted by Crippen LogP contribution is 2.28. The fraction of sp³-hybridized carbons (Fsp3) is 0.235. The summed E-state index contributed by atoms with van der Waals surface area (Å²) in [5.74, 6) is 0.464. The number of ether oxygens (including phenoxy) is 1. The van der Waals surface area contributed by atoms with Crippen molar-refractivity contribution in [3.8, 4) is 5.75 Å². The van der Waals surface area contributed by atoms with Crippen molar-refractivity contribution in [2.24, 2.45) is 7.05 Å². The molecular weight excluding hydrogens is 360 g/mol. The fourth-order valence-corrected chi connectivity index (χ4v) is 4.48. The second-order valence-corrected chi connectivity index (χ2v) is 8.50. The van der Waals surface area contributed by atoms with E-state index in [9.17, 15) is 13.2 Å². The van der Waals surface area contributed by atoms with Crippen LogP contribution >= 0.6 is 11.3 Å². The van der Waals surface area contributed by atoms with E-state index in [0.717, 1.165) is 11.3 Å². The Morgan fingerprint density at radius 1 is 1.16 bits per heavy atom. The SMILES string of the molecule is CC(C)Oc1ccccc1NS(=O)(=O)c1ccc2c(c1)sc(=O)n2C. The summed E-state index contributed by atoms with van der Waals surface area (Å²) in [6, 6.07) is 11.5. The van der Waals surface area contributed by atoms with Crippen LogP contribution in [0.25, 0.3) is 10.2 Å². The van der Waals surface area contributed by atoms with Crippen molar-refractivity contribution < 1.29 is 13.2 Å². The summed E-state index contributed by atoms with van der Waals surface area (Å²) in [4.78, 5) is 11.7. The number of thiazole rings is 1. The third-order valence-corrected chi connectivity index (χ3v) is 5.93. The van der Waals surface area contributed by atoms with Gasteiger partial charge >= 0.3 is 4.87 Å². The van der Waals surface area contributed by atoms with Gasteiger partial charge in [0.1, 0.15) is 5.75 Å². The molecule has 0 spiro atoms. The van der Waals surface area contributed by atoms with Crippen molar-refractivity contribution in [1.82, 2.24) is 4.57 Å². The molecule has 0 aliphatic rings. The van der Waals surface area contributed by atoms with E-state index in [1.165, 1.54) is 16.7 Å². The van der Waals surface area contributed by atoms with Gasteiger partial charge < -0.3 is 9.30 Å². The van der Waals surface area contributed by atoms with Gasteiger partial charge in [0.05, 0.1) is 26.9 Å². The predicted molar refractivity (Wildman–Crippen MR) is 100 cm³/mol. The molecule has 1 N–H and O–H groups in total. The molecule has 0 unspecified atom stereocenters. The minimum absolute atomic E-state index is 0.0800. The first-order valence-electron chi connectivity index (χ1n) is 7.66. The third-order valence-electron chi connectivity index (χ3n) is 3.57. The molecule has 1 heterocycles. The molecule has 0 saturated heterocycles. The summed E-state index contributed by atoms with van der Waals surface area (Å²) >= 11 is 1.02. The Bertz CT molecular complexity index is 1080. The quantitative estimate of drug-likeness (QED) is 0.740. The number of fused-ring (bicyclic) bond motifs is 1. The molecule has 25 heavy (non-hydrogen) atoms. The van der Waals surface area contributed by atoms with Crippen LogP contribution in [0.1, 0.15) is 13.8 Å². The number of rotatable bonds is 5. The van der Waals surface area contributed by atoms with Gasteiger partial charge in [-0.05, 0) is 44.2 Å². The largest absolute Gasteiger partial charge is 0.489 e. The highest BCUT2D eigenvalue weighted by atomic mass is 32.2. The Kier molecular flexibility index (Phi) is 4.57. The van der Waals surface area contributed by atoms with Gasteiger partial charge in [-0.3, -0.25) is 9.52 Å². The maximum atomic E-state index is 12.7. The van der Waals surface area contributed by atoms with Gasteiger partial charge in [-0.15, -0.1) is 0 Å². The van der Waals surface area contributed by atoms with E-state index in [1.54, 1.807) is 37.4 Å². The molecule has 3 rings (SSSR count). The summed E-state index contributed by atoms with van der Waals surface area (Å²) in [6.07, 6.45) is -0.0800. The lowest BCUT2D eigenvalue weighted by Crippen LogP contribution is -2.15. The number of sulfonamides is 1. The standard InChI is InChI=1S/C17H18N2O4S2/c1-11(2)23-15-7-5-4-6-13(15)18-25(21,22)12-8-9-14-16(10-12)24-17(20)19(14)3/h4-11,18H,1-3H3. The van der Waals surface area contributed by atoms with Gasteiger partial charge in [0, 0.05) is 7.05 Å². The van der Waals surface area contributed by atoms with E-state index in [-0.39, 0.29) is 15.9 Å². The van der Waals surface area contributed by atoms with Crippen molar-refractivity contribution in [2.75, 3.05) is 4.72 Å². The van der Waals surface area contributed by atoms with E-state index < -0.39 is 10.0 Å². The van der Waals surface area contributed by atoms with Crippen molar-refractivity contribution in [1.29, 1.82) is 0 Å². The summed E-state index contributed by atoms with van der Waals surface area (Å²) in [5.41, 5.74) is 1.08. The molecule has 2 aromatic carbocycles. The van der Waals surface area contributed by atoms with Crippen LogP contribution in [-0.2, 0) is 17.1 Å². The molecule has 1 aromatic heterocycles. The topological polar surface area (TPSA) is 77.4 Å². The number of nitrogens with one attached hydrogen (secondary N) is 1. The minimum atomic E-state index is -3.80. The van der Waals surface area contributed by atoms with Gasteiger partial charge in [0.2, 0.25) is 0 Å². The molecular formula is C17H18N2O4S2. The van der Waals surface area contributed by atoms with E-state index in [2.05, 4.69) is 4.72 Å². The zero-order chi connectivity index (χ0) is 18.2. The molecule has 0 aliphatic carbocycles. The van der Waals surface area contributed by atoms with Gasteiger partial charge in [-0.2, -0.15) is 0 Å². The molecule has 3 aromatic rings. The maximum absolute atomic E-state index is 12.7. The van der Waals surface area contributed by atoms with Gasteiger partial charge in [-0.1, -0.05) is 23.5 Å². The summed E-state index contributed by atoms with van der Waals surface area (Å²) < 4.78 is 35.8. The Labute approximate surface area is 149 Å². The highest BCUT2D eigenvalue weighted by Gasteiger charge is 2.18. The summed E-state index contributed by atoms with van der Waals surface area (Å²) in [6.45, 7) is 3.74. The van der Waals surface area contributed by atoms with Crippen LogP contribution in [0.5, 0.6) is 5.75 Å². The Morgan fingerprint density at radius 3 is 2.60 bits per heavy atom. The number of benzene rings is 2. The first-order valence-corrected chi connectivity index (χ1v) is 9.96. The zero-order valence-electron chi connectivity index (χ0n) is 14.0. The monoisotopic (exact) mass is 378 g/mol. The molecule has 132 valence electrons. The Morgan fingerprint density at radius 2 is 1.88 bits per heavy atom. The second-order valence-electron chi connectivity index (χ2n) is 5.82. The molecule has 0 radical (unpaired) electrons. The summed E-state index contributed by atoms with van der Waals surface area (Å²) in [7, 11) is -2.14. The molecule has 0 bridgehead atoms. The predicted octanol–water partition coefficient (Wildman–Crippen LogP) is 3.19. The Balaban J connectivity index is 1.99.